The Morgan fingerprint density at radius 1 is 0.903 bits per heavy atom. The van der Waals surface area contributed by atoms with E-state index in [1.54, 1.807) is 12.1 Å². The average molecular weight is 449 g/mol. The van der Waals surface area contributed by atoms with Gasteiger partial charge in [-0.3, -0.25) is 0 Å². The van der Waals surface area contributed by atoms with Gasteiger partial charge in [-0.05, 0) is 75.2 Å². The molecule has 0 aliphatic heterocycles. The molecule has 0 amide bonds. The lowest BCUT2D eigenvalue weighted by Crippen LogP contribution is -2.26. The number of sulfonamides is 1. The van der Waals surface area contributed by atoms with Gasteiger partial charge >= 0.3 is 0 Å². The molecule has 2 rings (SSSR count). The molecule has 0 heterocycles. The normalized spacial score (nSPS) is 12.0. The summed E-state index contributed by atoms with van der Waals surface area (Å²) in [5.41, 5.74) is 2.38. The first kappa shape index (κ1) is 24.9. The topological polar surface area (TPSA) is 92.6 Å². The van der Waals surface area contributed by atoms with E-state index in [4.69, 9.17) is 9.47 Å². The van der Waals surface area contributed by atoms with Crippen molar-refractivity contribution in [1.82, 2.24) is 4.72 Å². The van der Waals surface area contributed by atoms with Gasteiger partial charge in [0.1, 0.15) is 0 Å². The van der Waals surface area contributed by atoms with Gasteiger partial charge in [0, 0.05) is 39.5 Å². The van der Waals surface area contributed by atoms with Crippen LogP contribution in [0.4, 0.5) is 17.1 Å². The van der Waals surface area contributed by atoms with E-state index < -0.39 is 10.0 Å². The molecule has 31 heavy (non-hydrogen) atoms. The second-order valence-corrected chi connectivity index (χ2v) is 8.75. The standard InChI is InChI=1S/C22H32N4O4S/c1-5-29-22(30-6-2)8-7-17-23-31(27,28)21-15-11-19(12-16-21)25-24-18-9-13-20(14-10-18)26(3)4/h9-16,22-23H,5-8,17H2,1-4H3. The molecule has 9 heteroatoms. The maximum Gasteiger partial charge on any atom is 0.240 e. The van der Waals surface area contributed by atoms with Crippen LogP contribution in [0.5, 0.6) is 0 Å². The number of hydrogen-bond acceptors (Lipinski definition) is 7. The lowest BCUT2D eigenvalue weighted by molar-refractivity contribution is -0.139. The van der Waals surface area contributed by atoms with E-state index in [0.29, 0.717) is 38.3 Å². The van der Waals surface area contributed by atoms with Crippen molar-refractivity contribution in [2.45, 2.75) is 37.9 Å². The number of rotatable bonds is 13. The van der Waals surface area contributed by atoms with Gasteiger partial charge in [0.15, 0.2) is 6.29 Å². The Morgan fingerprint density at radius 3 is 1.90 bits per heavy atom. The lowest BCUT2D eigenvalue weighted by Gasteiger charge is -2.16. The van der Waals surface area contributed by atoms with E-state index in [2.05, 4.69) is 15.0 Å². The predicted molar refractivity (Wildman–Crippen MR) is 123 cm³/mol. The molecule has 0 unspecified atom stereocenters. The molecule has 0 bridgehead atoms. The van der Waals surface area contributed by atoms with Gasteiger partial charge in [-0.15, -0.1) is 0 Å². The van der Waals surface area contributed by atoms with Crippen molar-refractivity contribution in [2.75, 3.05) is 38.8 Å². The largest absolute Gasteiger partial charge is 0.378 e. The van der Waals surface area contributed by atoms with Crippen LogP contribution in [-0.4, -0.2) is 48.6 Å². The molecule has 2 aromatic rings. The summed E-state index contributed by atoms with van der Waals surface area (Å²) in [7, 11) is 0.355. The molecule has 170 valence electrons. The van der Waals surface area contributed by atoms with Crippen LogP contribution in [0.1, 0.15) is 26.7 Å². The lowest BCUT2D eigenvalue weighted by atomic mass is 10.3. The fraction of sp³-hybridized carbons (Fsp3) is 0.455. The molecule has 0 atom stereocenters. The Labute approximate surface area is 185 Å². The van der Waals surface area contributed by atoms with Crippen molar-refractivity contribution in [3.8, 4) is 0 Å². The van der Waals surface area contributed by atoms with Crippen molar-refractivity contribution in [3.05, 3.63) is 48.5 Å². The maximum absolute atomic E-state index is 12.5. The first-order chi connectivity index (χ1) is 14.9. The molecular formula is C22H32N4O4S. The van der Waals surface area contributed by atoms with Crippen LogP contribution in [0.2, 0.25) is 0 Å². The minimum atomic E-state index is -3.59. The number of azo groups is 1. The van der Waals surface area contributed by atoms with Crippen molar-refractivity contribution in [1.29, 1.82) is 0 Å². The van der Waals surface area contributed by atoms with Crippen LogP contribution in [0.25, 0.3) is 0 Å². The summed E-state index contributed by atoms with van der Waals surface area (Å²) >= 11 is 0. The Balaban J connectivity index is 1.89. The number of nitrogens with one attached hydrogen (secondary N) is 1. The molecule has 0 saturated carbocycles. The summed E-state index contributed by atoms with van der Waals surface area (Å²) < 4.78 is 38.5. The van der Waals surface area contributed by atoms with E-state index in [1.807, 2.05) is 57.1 Å². The van der Waals surface area contributed by atoms with E-state index in [1.165, 1.54) is 12.1 Å². The molecule has 0 saturated heterocycles. The summed E-state index contributed by atoms with van der Waals surface area (Å²) in [5, 5.41) is 8.37. The summed E-state index contributed by atoms with van der Waals surface area (Å²) in [6, 6.07) is 14.0. The zero-order valence-corrected chi connectivity index (χ0v) is 19.4. The van der Waals surface area contributed by atoms with Gasteiger partial charge in [0.2, 0.25) is 10.0 Å². The Morgan fingerprint density at radius 2 is 1.42 bits per heavy atom. The molecule has 0 aliphatic rings. The zero-order valence-electron chi connectivity index (χ0n) is 18.6. The molecule has 2 aromatic carbocycles. The van der Waals surface area contributed by atoms with Crippen LogP contribution in [0.3, 0.4) is 0 Å². The highest BCUT2D eigenvalue weighted by molar-refractivity contribution is 7.89. The third-order valence-electron chi connectivity index (χ3n) is 4.41. The molecule has 0 spiro atoms. The van der Waals surface area contributed by atoms with Gasteiger partial charge < -0.3 is 14.4 Å². The quantitative estimate of drug-likeness (QED) is 0.274. The molecule has 8 nitrogen and oxygen atoms in total. The SMILES string of the molecule is CCOC(CCCNS(=O)(=O)c1ccc(N=Nc2ccc(N(C)C)cc2)cc1)OCC. The van der Waals surface area contributed by atoms with Gasteiger partial charge in [-0.2, -0.15) is 10.2 Å². The van der Waals surface area contributed by atoms with Crippen molar-refractivity contribution in [2.24, 2.45) is 10.2 Å². The van der Waals surface area contributed by atoms with Crippen LogP contribution in [0, 0.1) is 0 Å². The summed E-state index contributed by atoms with van der Waals surface area (Å²) in [6.45, 7) is 5.23. The van der Waals surface area contributed by atoms with E-state index in [-0.39, 0.29) is 11.2 Å². The maximum atomic E-state index is 12.5. The van der Waals surface area contributed by atoms with E-state index >= 15 is 0 Å². The highest BCUT2D eigenvalue weighted by Crippen LogP contribution is 2.22. The molecule has 0 aromatic heterocycles. The van der Waals surface area contributed by atoms with Gasteiger partial charge in [0.25, 0.3) is 0 Å². The zero-order chi connectivity index (χ0) is 22.7. The number of hydrogen-bond donors (Lipinski definition) is 1. The molecular weight excluding hydrogens is 416 g/mol. The summed E-state index contributed by atoms with van der Waals surface area (Å²) in [5.74, 6) is 0. The van der Waals surface area contributed by atoms with Gasteiger partial charge in [-0.1, -0.05) is 0 Å². The Hall–Kier alpha value is -2.33. The number of benzene rings is 2. The monoisotopic (exact) mass is 448 g/mol. The molecule has 0 radical (unpaired) electrons. The van der Waals surface area contributed by atoms with Crippen LogP contribution >= 0.6 is 0 Å². The summed E-state index contributed by atoms with van der Waals surface area (Å²) in [6.07, 6.45) is 0.935. The number of nitrogens with zero attached hydrogens (tertiary/aromatic N) is 3. The summed E-state index contributed by atoms with van der Waals surface area (Å²) in [4.78, 5) is 2.19. The van der Waals surface area contributed by atoms with Crippen molar-refractivity contribution in [3.63, 3.8) is 0 Å². The highest BCUT2D eigenvalue weighted by Gasteiger charge is 2.14. The van der Waals surface area contributed by atoms with E-state index in [0.717, 1.165) is 11.4 Å². The minimum Gasteiger partial charge on any atom is -0.378 e. The van der Waals surface area contributed by atoms with Crippen LogP contribution < -0.4 is 9.62 Å². The van der Waals surface area contributed by atoms with Crippen molar-refractivity contribution >= 4 is 27.1 Å². The van der Waals surface area contributed by atoms with Crippen LogP contribution in [-0.2, 0) is 19.5 Å². The second-order valence-electron chi connectivity index (χ2n) is 6.98. The van der Waals surface area contributed by atoms with E-state index in [9.17, 15) is 8.42 Å². The Bertz CT molecular complexity index is 908. The molecule has 0 aliphatic carbocycles. The number of anilines is 1. The first-order valence-electron chi connectivity index (χ1n) is 10.4. The van der Waals surface area contributed by atoms with Crippen LogP contribution in [0.15, 0.2) is 63.7 Å². The average Bonchev–Trinajstić information content (AvgIpc) is 2.76. The molecule has 1 N–H and O–H groups in total. The number of ether oxygens (including phenoxy) is 2. The fourth-order valence-corrected chi connectivity index (χ4v) is 3.84. The van der Waals surface area contributed by atoms with Gasteiger partial charge in [0.05, 0.1) is 16.3 Å². The molecule has 0 fully saturated rings. The third kappa shape index (κ3) is 8.37. The fourth-order valence-electron chi connectivity index (χ4n) is 2.77. The Kier molecular flexibility index (Phi) is 10.1. The third-order valence-corrected chi connectivity index (χ3v) is 5.88. The second kappa shape index (κ2) is 12.5. The smallest absolute Gasteiger partial charge is 0.240 e. The predicted octanol–water partition coefficient (Wildman–Crippen LogP) is 4.63. The highest BCUT2D eigenvalue weighted by atomic mass is 32.2. The van der Waals surface area contributed by atoms with Crippen molar-refractivity contribution < 1.29 is 17.9 Å². The minimum absolute atomic E-state index is 0.188. The first-order valence-corrected chi connectivity index (χ1v) is 11.9. The van der Waals surface area contributed by atoms with Gasteiger partial charge in [-0.25, -0.2) is 13.1 Å².